The van der Waals surface area contributed by atoms with Gasteiger partial charge in [-0.05, 0) is 52.5 Å². The Kier molecular flexibility index (Phi) is 5.30. The summed E-state index contributed by atoms with van der Waals surface area (Å²) >= 11 is 0. The first-order valence-corrected chi connectivity index (χ1v) is 9.10. The minimum atomic E-state index is -0.0957. The fourth-order valence-corrected chi connectivity index (χ4v) is 3.71. The molecule has 0 aromatic heterocycles. The van der Waals surface area contributed by atoms with Gasteiger partial charge in [-0.25, -0.2) is 0 Å². The van der Waals surface area contributed by atoms with Crippen molar-refractivity contribution in [3.63, 3.8) is 0 Å². The SMILES string of the molecule is CC1(C)CCCC(C)(C)N1OC(COCC1CO1)c1ccccc1. The largest absolute Gasteiger partial charge is 0.376 e. The maximum atomic E-state index is 6.58. The predicted octanol–water partition coefficient (Wildman–Crippen LogP) is 4.12. The Balaban J connectivity index is 1.73. The summed E-state index contributed by atoms with van der Waals surface area (Å²) in [6.07, 6.45) is 3.72. The van der Waals surface area contributed by atoms with Crippen molar-refractivity contribution >= 4 is 0 Å². The number of hydroxylamine groups is 2. The van der Waals surface area contributed by atoms with Crippen molar-refractivity contribution in [2.75, 3.05) is 19.8 Å². The molecule has 0 radical (unpaired) electrons. The molecule has 4 nitrogen and oxygen atoms in total. The van der Waals surface area contributed by atoms with Gasteiger partial charge in [-0.15, -0.1) is 0 Å². The average molecular weight is 333 g/mol. The highest BCUT2D eigenvalue weighted by Crippen LogP contribution is 2.40. The van der Waals surface area contributed by atoms with E-state index in [9.17, 15) is 0 Å². The van der Waals surface area contributed by atoms with Gasteiger partial charge in [-0.1, -0.05) is 30.3 Å². The second-order valence-electron chi connectivity index (χ2n) is 8.27. The molecule has 4 heteroatoms. The lowest BCUT2D eigenvalue weighted by Crippen LogP contribution is -2.58. The van der Waals surface area contributed by atoms with Crippen LogP contribution >= 0.6 is 0 Å². The molecular formula is C20H31NO3. The molecule has 0 spiro atoms. The molecular weight excluding hydrogens is 302 g/mol. The summed E-state index contributed by atoms with van der Waals surface area (Å²) in [4.78, 5) is 6.58. The zero-order valence-corrected chi connectivity index (χ0v) is 15.5. The number of rotatable bonds is 7. The number of ether oxygens (including phenoxy) is 2. The van der Waals surface area contributed by atoms with Crippen LogP contribution in [0.5, 0.6) is 0 Å². The number of benzene rings is 1. The molecule has 0 bridgehead atoms. The van der Waals surface area contributed by atoms with Gasteiger partial charge in [-0.3, -0.25) is 4.84 Å². The van der Waals surface area contributed by atoms with E-state index in [2.05, 4.69) is 57.0 Å². The van der Waals surface area contributed by atoms with E-state index in [1.54, 1.807) is 0 Å². The van der Waals surface area contributed by atoms with Gasteiger partial charge in [0, 0.05) is 11.1 Å². The van der Waals surface area contributed by atoms with E-state index in [0.29, 0.717) is 13.2 Å². The van der Waals surface area contributed by atoms with Gasteiger partial charge in [0.05, 0.1) is 19.8 Å². The lowest BCUT2D eigenvalue weighted by molar-refractivity contribution is -0.312. The second-order valence-corrected chi connectivity index (χ2v) is 8.27. The van der Waals surface area contributed by atoms with Crippen LogP contribution in [0.2, 0.25) is 0 Å². The zero-order chi connectivity index (χ0) is 17.2. The molecule has 1 aromatic rings. The van der Waals surface area contributed by atoms with Crippen molar-refractivity contribution in [1.82, 2.24) is 5.06 Å². The van der Waals surface area contributed by atoms with Gasteiger partial charge >= 0.3 is 0 Å². The maximum absolute atomic E-state index is 6.58. The van der Waals surface area contributed by atoms with E-state index in [-0.39, 0.29) is 23.3 Å². The van der Waals surface area contributed by atoms with Crippen LogP contribution in [0.15, 0.2) is 30.3 Å². The molecule has 2 atom stereocenters. The molecule has 3 rings (SSSR count). The Labute approximate surface area is 146 Å². The van der Waals surface area contributed by atoms with E-state index in [4.69, 9.17) is 14.3 Å². The number of nitrogens with zero attached hydrogens (tertiary/aromatic N) is 1. The summed E-state index contributed by atoms with van der Waals surface area (Å²) in [7, 11) is 0. The molecule has 0 N–H and O–H groups in total. The highest BCUT2D eigenvalue weighted by Gasteiger charge is 2.43. The van der Waals surface area contributed by atoms with E-state index in [1.807, 2.05) is 6.07 Å². The lowest BCUT2D eigenvalue weighted by atomic mass is 9.82. The molecule has 0 amide bonds. The lowest BCUT2D eigenvalue weighted by Gasteiger charge is -2.52. The Morgan fingerprint density at radius 3 is 2.33 bits per heavy atom. The molecule has 0 aliphatic carbocycles. The predicted molar refractivity (Wildman–Crippen MR) is 94.7 cm³/mol. The van der Waals surface area contributed by atoms with Gasteiger partial charge in [0.15, 0.2) is 0 Å². The molecule has 24 heavy (non-hydrogen) atoms. The Bertz CT molecular complexity index is 509. The molecule has 2 aliphatic rings. The van der Waals surface area contributed by atoms with Crippen LogP contribution in [0.25, 0.3) is 0 Å². The Morgan fingerprint density at radius 1 is 1.12 bits per heavy atom. The van der Waals surface area contributed by atoms with Crippen LogP contribution in [0.4, 0.5) is 0 Å². The van der Waals surface area contributed by atoms with Gasteiger partial charge in [0.1, 0.15) is 12.2 Å². The topological polar surface area (TPSA) is 34.2 Å². The van der Waals surface area contributed by atoms with Crippen LogP contribution in [0, 0.1) is 0 Å². The van der Waals surface area contributed by atoms with Crippen LogP contribution in [0.3, 0.4) is 0 Å². The monoisotopic (exact) mass is 333 g/mol. The summed E-state index contributed by atoms with van der Waals surface area (Å²) in [5, 5.41) is 2.22. The normalized spacial score (nSPS) is 26.9. The van der Waals surface area contributed by atoms with Gasteiger partial charge in [-0.2, -0.15) is 5.06 Å². The summed E-state index contributed by atoms with van der Waals surface area (Å²) in [6, 6.07) is 10.4. The number of hydrogen-bond acceptors (Lipinski definition) is 4. The minimum absolute atomic E-state index is 0.0222. The quantitative estimate of drug-likeness (QED) is 0.703. The van der Waals surface area contributed by atoms with Crippen molar-refractivity contribution in [2.24, 2.45) is 0 Å². The minimum Gasteiger partial charge on any atom is -0.376 e. The number of piperidine rings is 1. The van der Waals surface area contributed by atoms with Crippen molar-refractivity contribution in [2.45, 2.75) is 70.2 Å². The van der Waals surface area contributed by atoms with Crippen molar-refractivity contribution in [3.05, 3.63) is 35.9 Å². The van der Waals surface area contributed by atoms with E-state index in [0.717, 1.165) is 25.0 Å². The Morgan fingerprint density at radius 2 is 1.75 bits per heavy atom. The summed E-state index contributed by atoms with van der Waals surface area (Å²) < 4.78 is 11.1. The van der Waals surface area contributed by atoms with E-state index < -0.39 is 0 Å². The first-order chi connectivity index (χ1) is 11.4. The van der Waals surface area contributed by atoms with Gasteiger partial charge < -0.3 is 9.47 Å². The van der Waals surface area contributed by atoms with Crippen LogP contribution in [-0.4, -0.2) is 42.1 Å². The smallest absolute Gasteiger partial charge is 0.128 e. The van der Waals surface area contributed by atoms with Gasteiger partial charge in [0.25, 0.3) is 0 Å². The summed E-state index contributed by atoms with van der Waals surface area (Å²) in [6.45, 7) is 11.1. The van der Waals surface area contributed by atoms with Crippen molar-refractivity contribution < 1.29 is 14.3 Å². The third-order valence-corrected chi connectivity index (χ3v) is 5.06. The molecule has 2 aliphatic heterocycles. The Hall–Kier alpha value is -0.940. The molecule has 0 saturated carbocycles. The molecule has 2 saturated heterocycles. The third kappa shape index (κ3) is 4.37. The summed E-state index contributed by atoms with van der Waals surface area (Å²) in [5.74, 6) is 0. The zero-order valence-electron chi connectivity index (χ0n) is 15.5. The molecule has 1 aromatic carbocycles. The average Bonchev–Trinajstić information content (AvgIpc) is 3.33. The van der Waals surface area contributed by atoms with Crippen LogP contribution in [0.1, 0.15) is 58.6 Å². The molecule has 2 fully saturated rings. The van der Waals surface area contributed by atoms with Crippen LogP contribution < -0.4 is 0 Å². The molecule has 134 valence electrons. The van der Waals surface area contributed by atoms with Crippen molar-refractivity contribution in [3.8, 4) is 0 Å². The van der Waals surface area contributed by atoms with Gasteiger partial charge in [0.2, 0.25) is 0 Å². The van der Waals surface area contributed by atoms with Crippen LogP contribution in [-0.2, 0) is 14.3 Å². The number of hydrogen-bond donors (Lipinski definition) is 0. The third-order valence-electron chi connectivity index (χ3n) is 5.06. The number of epoxide rings is 1. The van der Waals surface area contributed by atoms with Crippen molar-refractivity contribution in [1.29, 1.82) is 0 Å². The first kappa shape index (κ1) is 17.9. The molecule has 2 unspecified atom stereocenters. The van der Waals surface area contributed by atoms with E-state index in [1.165, 1.54) is 6.42 Å². The summed E-state index contributed by atoms with van der Waals surface area (Å²) in [5.41, 5.74) is 1.20. The standard InChI is InChI=1S/C20H31NO3/c1-19(2)11-8-12-20(3,4)21(19)24-18(15-22-13-17-14-23-17)16-9-6-5-7-10-16/h5-7,9-10,17-18H,8,11-15H2,1-4H3. The second kappa shape index (κ2) is 7.12. The fourth-order valence-electron chi connectivity index (χ4n) is 3.71. The highest BCUT2D eigenvalue weighted by atomic mass is 16.7. The molecule has 2 heterocycles. The van der Waals surface area contributed by atoms with E-state index >= 15 is 0 Å². The fraction of sp³-hybridized carbons (Fsp3) is 0.700. The maximum Gasteiger partial charge on any atom is 0.128 e. The first-order valence-electron chi connectivity index (χ1n) is 9.10. The highest BCUT2D eigenvalue weighted by molar-refractivity contribution is 5.17.